The Labute approximate surface area is 164 Å². The number of nitrogens with two attached hydrogens (primary N) is 1. The Kier molecular flexibility index (Phi) is 6.26. The average molecular weight is 382 g/mol. The Morgan fingerprint density at radius 3 is 2.68 bits per heavy atom. The van der Waals surface area contributed by atoms with Crippen LogP contribution in [0.2, 0.25) is 0 Å². The summed E-state index contributed by atoms with van der Waals surface area (Å²) in [5.41, 5.74) is 7.90. The van der Waals surface area contributed by atoms with Crippen LogP contribution >= 0.6 is 0 Å². The zero-order chi connectivity index (χ0) is 20.1. The summed E-state index contributed by atoms with van der Waals surface area (Å²) >= 11 is 0. The molecule has 0 aromatic heterocycles. The molecule has 1 amide bonds. The molecule has 1 aliphatic rings. The number of hydrogen-bond acceptors (Lipinski definition) is 5. The van der Waals surface area contributed by atoms with Gasteiger partial charge in [0.2, 0.25) is 5.91 Å². The highest BCUT2D eigenvalue weighted by atomic mass is 16.6. The fourth-order valence-electron chi connectivity index (χ4n) is 3.67. The van der Waals surface area contributed by atoms with Crippen molar-refractivity contribution in [3.63, 3.8) is 0 Å². The molecule has 0 spiro atoms. The van der Waals surface area contributed by atoms with E-state index in [0.29, 0.717) is 18.3 Å². The number of amides is 1. The molecule has 3 N–H and O–H groups in total. The molecule has 0 radical (unpaired) electrons. The lowest BCUT2D eigenvalue weighted by atomic mass is 10.0. The van der Waals surface area contributed by atoms with Crippen molar-refractivity contribution in [1.29, 1.82) is 0 Å². The SMILES string of the molecule is CC1CCCCN1Cc1ccccc1CNc1ccc(C(N)=O)cc1[N+](=O)[O-]. The third-order valence-electron chi connectivity index (χ3n) is 5.38. The third-order valence-corrected chi connectivity index (χ3v) is 5.38. The third kappa shape index (κ3) is 4.67. The van der Waals surface area contributed by atoms with Gasteiger partial charge in [-0.2, -0.15) is 0 Å². The first kappa shape index (κ1) is 19.8. The summed E-state index contributed by atoms with van der Waals surface area (Å²) in [6.45, 7) is 4.71. The number of carbonyl (C=O) groups is 1. The highest BCUT2D eigenvalue weighted by molar-refractivity contribution is 5.94. The van der Waals surface area contributed by atoms with E-state index in [9.17, 15) is 14.9 Å². The van der Waals surface area contributed by atoms with Gasteiger partial charge >= 0.3 is 0 Å². The van der Waals surface area contributed by atoms with Crippen LogP contribution in [0.4, 0.5) is 11.4 Å². The molecule has 7 heteroatoms. The molecule has 1 fully saturated rings. The number of carbonyl (C=O) groups excluding carboxylic acids is 1. The molecule has 1 unspecified atom stereocenters. The minimum atomic E-state index is -0.685. The van der Waals surface area contributed by atoms with E-state index in [1.807, 2.05) is 18.2 Å². The van der Waals surface area contributed by atoms with Crippen LogP contribution in [0.1, 0.15) is 47.7 Å². The summed E-state index contributed by atoms with van der Waals surface area (Å²) in [5.74, 6) is -0.685. The van der Waals surface area contributed by atoms with Gasteiger partial charge in [0.05, 0.1) is 4.92 Å². The molecule has 7 nitrogen and oxygen atoms in total. The van der Waals surface area contributed by atoms with Crippen molar-refractivity contribution in [2.75, 3.05) is 11.9 Å². The van der Waals surface area contributed by atoms with Crippen LogP contribution in [-0.4, -0.2) is 28.3 Å². The maximum Gasteiger partial charge on any atom is 0.293 e. The second-order valence-corrected chi connectivity index (χ2v) is 7.29. The Balaban J connectivity index is 1.76. The number of piperidine rings is 1. The lowest BCUT2D eigenvalue weighted by molar-refractivity contribution is -0.384. The monoisotopic (exact) mass is 382 g/mol. The van der Waals surface area contributed by atoms with Gasteiger partial charge in [-0.25, -0.2) is 0 Å². The number of hydrogen-bond donors (Lipinski definition) is 2. The zero-order valence-corrected chi connectivity index (χ0v) is 16.1. The van der Waals surface area contributed by atoms with Crippen molar-refractivity contribution in [2.45, 2.75) is 45.3 Å². The second kappa shape index (κ2) is 8.84. The molecule has 0 saturated carbocycles. The summed E-state index contributed by atoms with van der Waals surface area (Å²) in [5, 5.41) is 14.5. The van der Waals surface area contributed by atoms with Crippen molar-refractivity contribution >= 4 is 17.3 Å². The van der Waals surface area contributed by atoms with Crippen LogP contribution < -0.4 is 11.1 Å². The highest BCUT2D eigenvalue weighted by Crippen LogP contribution is 2.27. The van der Waals surface area contributed by atoms with Crippen LogP contribution in [0, 0.1) is 10.1 Å². The molecule has 0 aliphatic carbocycles. The van der Waals surface area contributed by atoms with Gasteiger partial charge in [-0.05, 0) is 49.6 Å². The average Bonchev–Trinajstić information content (AvgIpc) is 2.68. The molecule has 0 bridgehead atoms. The minimum absolute atomic E-state index is 0.122. The predicted octanol–water partition coefficient (Wildman–Crippen LogP) is 3.68. The molecule has 2 aromatic rings. The first-order valence-electron chi connectivity index (χ1n) is 9.58. The minimum Gasteiger partial charge on any atom is -0.375 e. The number of nitro benzene ring substituents is 1. The van der Waals surface area contributed by atoms with Crippen LogP contribution in [0.15, 0.2) is 42.5 Å². The normalized spacial score (nSPS) is 17.2. The van der Waals surface area contributed by atoms with Gasteiger partial charge in [0.15, 0.2) is 0 Å². The van der Waals surface area contributed by atoms with E-state index in [1.165, 1.54) is 43.0 Å². The molecule has 1 heterocycles. The maximum absolute atomic E-state index is 11.4. The van der Waals surface area contributed by atoms with Gasteiger partial charge in [0, 0.05) is 30.8 Å². The molecule has 1 atom stereocenters. The fraction of sp³-hybridized carbons (Fsp3) is 0.381. The maximum atomic E-state index is 11.4. The number of nitrogens with one attached hydrogen (secondary N) is 1. The molecule has 1 saturated heterocycles. The number of rotatable bonds is 7. The smallest absolute Gasteiger partial charge is 0.293 e. The standard InChI is InChI=1S/C21H26N4O3/c1-15-6-4-5-11-24(15)14-18-8-3-2-7-17(18)13-23-19-10-9-16(21(22)26)12-20(19)25(27)28/h2-3,7-10,12,15,23H,4-6,11,13-14H2,1H3,(H2,22,26). The Bertz CT molecular complexity index is 868. The lowest BCUT2D eigenvalue weighted by Crippen LogP contribution is -2.37. The molecular formula is C21H26N4O3. The Hall–Kier alpha value is -2.93. The molecule has 148 valence electrons. The Morgan fingerprint density at radius 1 is 1.25 bits per heavy atom. The first-order chi connectivity index (χ1) is 13.5. The number of likely N-dealkylation sites (tertiary alicyclic amines) is 1. The van der Waals surface area contributed by atoms with Crippen molar-refractivity contribution in [2.24, 2.45) is 5.73 Å². The fourth-order valence-corrected chi connectivity index (χ4v) is 3.67. The van der Waals surface area contributed by atoms with Gasteiger partial charge < -0.3 is 11.1 Å². The van der Waals surface area contributed by atoms with E-state index in [-0.39, 0.29) is 11.3 Å². The summed E-state index contributed by atoms with van der Waals surface area (Å²) in [4.78, 5) is 24.7. The van der Waals surface area contributed by atoms with Gasteiger partial charge in [0.1, 0.15) is 5.69 Å². The van der Waals surface area contributed by atoms with Crippen molar-refractivity contribution in [3.05, 3.63) is 69.3 Å². The summed E-state index contributed by atoms with van der Waals surface area (Å²) in [6, 6.07) is 13.0. The number of benzene rings is 2. The Morgan fingerprint density at radius 2 is 2.00 bits per heavy atom. The first-order valence-corrected chi connectivity index (χ1v) is 9.58. The van der Waals surface area contributed by atoms with E-state index in [1.54, 1.807) is 0 Å². The van der Waals surface area contributed by atoms with Crippen LogP contribution in [0.3, 0.4) is 0 Å². The number of nitrogens with zero attached hydrogens (tertiary/aromatic N) is 2. The number of anilines is 1. The van der Waals surface area contributed by atoms with Crippen LogP contribution in [0.25, 0.3) is 0 Å². The van der Waals surface area contributed by atoms with E-state index in [2.05, 4.69) is 23.2 Å². The van der Waals surface area contributed by atoms with Crippen LogP contribution in [-0.2, 0) is 13.1 Å². The van der Waals surface area contributed by atoms with E-state index >= 15 is 0 Å². The summed E-state index contributed by atoms with van der Waals surface area (Å²) in [7, 11) is 0. The molecular weight excluding hydrogens is 356 g/mol. The second-order valence-electron chi connectivity index (χ2n) is 7.29. The van der Waals surface area contributed by atoms with Crippen molar-refractivity contribution in [3.8, 4) is 0 Å². The van der Waals surface area contributed by atoms with Gasteiger partial charge in [-0.1, -0.05) is 30.7 Å². The highest BCUT2D eigenvalue weighted by Gasteiger charge is 2.20. The van der Waals surface area contributed by atoms with Crippen molar-refractivity contribution in [1.82, 2.24) is 4.90 Å². The molecule has 3 rings (SSSR count). The van der Waals surface area contributed by atoms with E-state index in [0.717, 1.165) is 18.7 Å². The molecule has 2 aromatic carbocycles. The summed E-state index contributed by atoms with van der Waals surface area (Å²) < 4.78 is 0. The zero-order valence-electron chi connectivity index (χ0n) is 16.1. The predicted molar refractivity (Wildman–Crippen MR) is 109 cm³/mol. The quantitative estimate of drug-likeness (QED) is 0.562. The van der Waals surface area contributed by atoms with Gasteiger partial charge in [0.25, 0.3) is 5.69 Å². The molecule has 1 aliphatic heterocycles. The van der Waals surface area contributed by atoms with Crippen molar-refractivity contribution < 1.29 is 9.72 Å². The van der Waals surface area contributed by atoms with Gasteiger partial charge in [-0.15, -0.1) is 0 Å². The number of nitro groups is 1. The van der Waals surface area contributed by atoms with Gasteiger partial charge in [-0.3, -0.25) is 19.8 Å². The topological polar surface area (TPSA) is 102 Å². The lowest BCUT2D eigenvalue weighted by Gasteiger charge is -2.33. The van der Waals surface area contributed by atoms with E-state index in [4.69, 9.17) is 5.73 Å². The molecule has 28 heavy (non-hydrogen) atoms. The number of primary amides is 1. The van der Waals surface area contributed by atoms with Crippen LogP contribution in [0.5, 0.6) is 0 Å². The van der Waals surface area contributed by atoms with E-state index < -0.39 is 10.8 Å². The summed E-state index contributed by atoms with van der Waals surface area (Å²) in [6.07, 6.45) is 3.73. The largest absolute Gasteiger partial charge is 0.375 e.